The van der Waals surface area contributed by atoms with Crippen molar-refractivity contribution in [2.75, 3.05) is 27.2 Å². The summed E-state index contributed by atoms with van der Waals surface area (Å²) >= 11 is 8.76. The number of carbonyl (C=O) groups is 1. The summed E-state index contributed by atoms with van der Waals surface area (Å²) in [5.41, 5.74) is 2.04. The molecule has 1 aromatic heterocycles. The van der Waals surface area contributed by atoms with E-state index in [-0.39, 0.29) is 11.5 Å². The van der Waals surface area contributed by atoms with Gasteiger partial charge in [-0.25, -0.2) is 0 Å². The monoisotopic (exact) mass is 460 g/mol. The van der Waals surface area contributed by atoms with Gasteiger partial charge >= 0.3 is 0 Å². The van der Waals surface area contributed by atoms with Gasteiger partial charge in [-0.15, -0.1) is 0 Å². The first kappa shape index (κ1) is 20.4. The van der Waals surface area contributed by atoms with E-state index in [1.54, 1.807) is 18.2 Å². The number of carbonyl (C=O) groups excluding carboxylic acids is 1. The highest BCUT2D eigenvalue weighted by Gasteiger charge is 2.09. The number of aromatic amines is 1. The van der Waals surface area contributed by atoms with Crippen LogP contribution in [0.15, 0.2) is 51.7 Å². The van der Waals surface area contributed by atoms with Crippen molar-refractivity contribution in [1.29, 1.82) is 0 Å². The third-order valence-corrected chi connectivity index (χ3v) is 5.16. The van der Waals surface area contributed by atoms with Crippen LogP contribution in [0.5, 0.6) is 0 Å². The van der Waals surface area contributed by atoms with Gasteiger partial charge in [-0.2, -0.15) is 0 Å². The van der Waals surface area contributed by atoms with Gasteiger partial charge in [-0.05, 0) is 62.2 Å². The molecule has 28 heavy (non-hydrogen) atoms. The highest BCUT2D eigenvalue weighted by atomic mass is 79.9. The molecule has 0 atom stereocenters. The molecule has 3 aromatic rings. The minimum atomic E-state index is -0.148. The summed E-state index contributed by atoms with van der Waals surface area (Å²) in [7, 11) is 3.92. The van der Waals surface area contributed by atoms with Crippen LogP contribution in [0.4, 0.5) is 0 Å². The number of fused-ring (bicyclic) bond motifs is 1. The van der Waals surface area contributed by atoms with E-state index < -0.39 is 0 Å². The van der Waals surface area contributed by atoms with E-state index in [1.807, 2.05) is 43.3 Å². The molecule has 0 saturated carbocycles. The molecule has 0 fully saturated rings. The average molecular weight is 461 g/mol. The second-order valence-corrected chi connectivity index (χ2v) is 8.07. The quantitative estimate of drug-likeness (QED) is 0.554. The molecule has 3 rings (SSSR count). The number of aromatic nitrogens is 2. The fraction of sp³-hybridized carbons (Fsp3) is 0.250. The van der Waals surface area contributed by atoms with Crippen LogP contribution in [0.2, 0.25) is 0 Å². The summed E-state index contributed by atoms with van der Waals surface area (Å²) in [6.45, 7) is 1.70. The molecule has 0 aliphatic carbocycles. The van der Waals surface area contributed by atoms with E-state index in [0.717, 1.165) is 16.6 Å². The molecular weight excluding hydrogens is 440 g/mol. The number of rotatable bonds is 6. The summed E-state index contributed by atoms with van der Waals surface area (Å²) in [5, 5.41) is 3.45. The molecule has 146 valence electrons. The Balaban J connectivity index is 1.80. The lowest BCUT2D eigenvalue weighted by Crippen LogP contribution is -2.31. The van der Waals surface area contributed by atoms with Gasteiger partial charge in [0.2, 0.25) is 0 Å². The van der Waals surface area contributed by atoms with Gasteiger partial charge in [0.1, 0.15) is 0 Å². The summed E-state index contributed by atoms with van der Waals surface area (Å²) in [5.74, 6) is -0.113. The van der Waals surface area contributed by atoms with Crippen molar-refractivity contribution in [2.24, 2.45) is 0 Å². The Morgan fingerprint density at radius 1 is 1.21 bits per heavy atom. The molecule has 6 nitrogen and oxygen atoms in total. The van der Waals surface area contributed by atoms with Crippen molar-refractivity contribution in [3.05, 3.63) is 73.2 Å². The van der Waals surface area contributed by atoms with Crippen molar-refractivity contribution in [3.63, 3.8) is 0 Å². The molecule has 0 aliphatic rings. The normalized spacial score (nSPS) is 11.1. The van der Waals surface area contributed by atoms with Gasteiger partial charge in [-0.1, -0.05) is 28.1 Å². The molecule has 2 aromatic carbocycles. The first-order chi connectivity index (χ1) is 13.3. The van der Waals surface area contributed by atoms with E-state index in [2.05, 4.69) is 26.2 Å². The van der Waals surface area contributed by atoms with Crippen molar-refractivity contribution in [2.45, 2.75) is 6.54 Å². The van der Waals surface area contributed by atoms with Crippen LogP contribution in [0.3, 0.4) is 0 Å². The molecule has 2 N–H and O–H groups in total. The summed E-state index contributed by atoms with van der Waals surface area (Å²) in [6, 6.07) is 12.7. The lowest BCUT2D eigenvalue weighted by molar-refractivity contribution is 0.0951. The number of amides is 1. The third-order valence-electron chi connectivity index (χ3n) is 4.35. The Bertz CT molecular complexity index is 1120. The van der Waals surface area contributed by atoms with Crippen molar-refractivity contribution < 1.29 is 4.79 Å². The number of hydrogen-bond acceptors (Lipinski definition) is 4. The van der Waals surface area contributed by atoms with Gasteiger partial charge < -0.3 is 15.2 Å². The van der Waals surface area contributed by atoms with Crippen LogP contribution >= 0.6 is 28.1 Å². The number of nitrogens with one attached hydrogen (secondary N) is 2. The number of H-pyrrole nitrogens is 1. The van der Waals surface area contributed by atoms with Gasteiger partial charge in [0.15, 0.2) is 4.77 Å². The maximum atomic E-state index is 12.8. The highest BCUT2D eigenvalue weighted by molar-refractivity contribution is 9.10. The molecule has 1 heterocycles. The highest BCUT2D eigenvalue weighted by Crippen LogP contribution is 2.15. The predicted molar refractivity (Wildman–Crippen MR) is 118 cm³/mol. The molecule has 0 radical (unpaired) electrons. The largest absolute Gasteiger partial charge is 0.351 e. The molecule has 0 unspecified atom stereocenters. The maximum absolute atomic E-state index is 12.8. The lowest BCUT2D eigenvalue weighted by Gasteiger charge is -2.11. The van der Waals surface area contributed by atoms with Crippen LogP contribution < -0.4 is 10.9 Å². The van der Waals surface area contributed by atoms with Crippen LogP contribution in [-0.2, 0) is 6.54 Å². The predicted octanol–water partition coefficient (Wildman–Crippen LogP) is 3.16. The average Bonchev–Trinajstić information content (AvgIpc) is 2.66. The van der Waals surface area contributed by atoms with E-state index >= 15 is 0 Å². The number of halogens is 1. The topological polar surface area (TPSA) is 70.1 Å². The smallest absolute Gasteiger partial charge is 0.262 e. The van der Waals surface area contributed by atoms with Crippen LogP contribution in [0.1, 0.15) is 15.9 Å². The Kier molecular flexibility index (Phi) is 6.43. The van der Waals surface area contributed by atoms with Gasteiger partial charge in [0, 0.05) is 23.1 Å². The molecule has 0 spiro atoms. The Labute approximate surface area is 176 Å². The fourth-order valence-corrected chi connectivity index (χ4v) is 3.42. The molecule has 0 bridgehead atoms. The minimum Gasteiger partial charge on any atom is -0.351 e. The lowest BCUT2D eigenvalue weighted by atomic mass is 10.1. The van der Waals surface area contributed by atoms with E-state index in [9.17, 15) is 9.59 Å². The van der Waals surface area contributed by atoms with Crippen LogP contribution in [0, 0.1) is 4.77 Å². The standard InChI is InChI=1S/C20H21BrN4O2S/c1-24(2)10-9-22-18(26)14-5-3-13(4-6-14)12-25-19(27)16-11-15(21)7-8-17(16)23-20(25)28/h3-8,11H,9-10,12H2,1-2H3,(H,22,26)(H,23,28). The number of likely N-dealkylation sites (N-methyl/N-ethyl adjacent to an activating group) is 1. The summed E-state index contributed by atoms with van der Waals surface area (Å²) in [6.07, 6.45) is 0. The minimum absolute atomic E-state index is 0.113. The van der Waals surface area contributed by atoms with Crippen LogP contribution in [0.25, 0.3) is 10.9 Å². The number of benzene rings is 2. The second-order valence-electron chi connectivity index (χ2n) is 6.77. The fourth-order valence-electron chi connectivity index (χ4n) is 2.81. The second kappa shape index (κ2) is 8.81. The van der Waals surface area contributed by atoms with Gasteiger partial charge in [-0.3, -0.25) is 14.2 Å². The molecule has 8 heteroatoms. The first-order valence-electron chi connectivity index (χ1n) is 8.79. The summed E-state index contributed by atoms with van der Waals surface area (Å²) in [4.78, 5) is 30.1. The zero-order valence-corrected chi connectivity index (χ0v) is 18.1. The third kappa shape index (κ3) is 4.76. The first-order valence-corrected chi connectivity index (χ1v) is 9.99. The zero-order valence-electron chi connectivity index (χ0n) is 15.7. The van der Waals surface area contributed by atoms with E-state index in [1.165, 1.54) is 4.57 Å². The van der Waals surface area contributed by atoms with Crippen LogP contribution in [-0.4, -0.2) is 47.5 Å². The SMILES string of the molecule is CN(C)CCNC(=O)c1ccc(Cn2c(=S)[nH]c3ccc(Br)cc3c2=O)cc1. The van der Waals surface area contributed by atoms with Gasteiger partial charge in [0.25, 0.3) is 11.5 Å². The zero-order chi connectivity index (χ0) is 20.3. The Morgan fingerprint density at radius 2 is 1.93 bits per heavy atom. The molecule has 0 saturated heterocycles. The maximum Gasteiger partial charge on any atom is 0.262 e. The van der Waals surface area contributed by atoms with Crippen molar-refractivity contribution in [3.8, 4) is 0 Å². The number of hydrogen-bond donors (Lipinski definition) is 2. The van der Waals surface area contributed by atoms with Crippen molar-refractivity contribution in [1.82, 2.24) is 19.8 Å². The summed E-state index contributed by atoms with van der Waals surface area (Å²) < 4.78 is 2.72. The molecular formula is C20H21BrN4O2S. The molecule has 0 aliphatic heterocycles. The van der Waals surface area contributed by atoms with E-state index in [0.29, 0.717) is 34.3 Å². The van der Waals surface area contributed by atoms with Gasteiger partial charge in [0.05, 0.1) is 17.4 Å². The Hall–Kier alpha value is -2.29. The van der Waals surface area contributed by atoms with E-state index in [4.69, 9.17) is 12.2 Å². The Morgan fingerprint density at radius 3 is 2.61 bits per heavy atom. The van der Waals surface area contributed by atoms with Crippen molar-refractivity contribution >= 4 is 45.0 Å². The molecule has 1 amide bonds. The number of nitrogens with zero attached hydrogens (tertiary/aromatic N) is 2.